The minimum atomic E-state index is -3.67. The number of non-ortho nitro benzene ring substituents is 1. The standard InChI is InChI=1S/C25H33N5O4S/c1-27(2)23-12-10-22(30(31)32)17-20(23)19-26-21-9-11-24(28-13-5-3-6-14-28)25(18-21)35(33,34)29-15-7-4-8-16-29/h9-12,17-19H,3-8,13-16H2,1-2H3. The van der Waals surface area contributed by atoms with Gasteiger partial charge in [0.15, 0.2) is 0 Å². The fourth-order valence-corrected chi connectivity index (χ4v) is 6.49. The molecule has 9 nitrogen and oxygen atoms in total. The lowest BCUT2D eigenvalue weighted by atomic mass is 10.1. The summed E-state index contributed by atoms with van der Waals surface area (Å²) in [5.41, 5.74) is 2.58. The van der Waals surface area contributed by atoms with E-state index in [1.165, 1.54) is 12.1 Å². The molecule has 0 radical (unpaired) electrons. The quantitative estimate of drug-likeness (QED) is 0.314. The zero-order valence-corrected chi connectivity index (χ0v) is 21.2. The van der Waals surface area contributed by atoms with E-state index in [-0.39, 0.29) is 5.69 Å². The number of benzene rings is 2. The van der Waals surface area contributed by atoms with Crippen molar-refractivity contribution in [3.63, 3.8) is 0 Å². The predicted molar refractivity (Wildman–Crippen MR) is 140 cm³/mol. The number of hydrogen-bond acceptors (Lipinski definition) is 7. The lowest BCUT2D eigenvalue weighted by Crippen LogP contribution is -2.37. The number of nitrogens with zero attached hydrogens (tertiary/aromatic N) is 5. The molecular formula is C25H33N5O4S. The van der Waals surface area contributed by atoms with Crippen molar-refractivity contribution in [1.29, 1.82) is 0 Å². The van der Waals surface area contributed by atoms with Gasteiger partial charge >= 0.3 is 0 Å². The molecule has 0 bridgehead atoms. The van der Waals surface area contributed by atoms with Crippen molar-refractivity contribution in [3.8, 4) is 0 Å². The SMILES string of the molecule is CN(C)c1ccc([N+](=O)[O-])cc1C=Nc1ccc(N2CCCCC2)c(S(=O)(=O)N2CCCCC2)c1. The summed E-state index contributed by atoms with van der Waals surface area (Å²) in [5, 5.41) is 11.3. The van der Waals surface area contributed by atoms with Crippen LogP contribution >= 0.6 is 0 Å². The first kappa shape index (κ1) is 25.1. The second-order valence-corrected chi connectivity index (χ2v) is 11.2. The second kappa shape index (κ2) is 10.7. The minimum absolute atomic E-state index is 0.0224. The van der Waals surface area contributed by atoms with Crippen molar-refractivity contribution in [2.75, 3.05) is 50.1 Å². The number of anilines is 2. The molecule has 2 aromatic rings. The van der Waals surface area contributed by atoms with Crippen molar-refractivity contribution < 1.29 is 13.3 Å². The van der Waals surface area contributed by atoms with Crippen LogP contribution in [-0.4, -0.2) is 64.1 Å². The average Bonchev–Trinajstić information content (AvgIpc) is 2.88. The molecule has 35 heavy (non-hydrogen) atoms. The fourth-order valence-electron chi connectivity index (χ4n) is 4.74. The first-order valence-electron chi connectivity index (χ1n) is 12.2. The Balaban J connectivity index is 1.74. The number of sulfonamides is 1. The van der Waals surface area contributed by atoms with E-state index in [4.69, 9.17) is 0 Å². The van der Waals surface area contributed by atoms with Gasteiger partial charge in [0.2, 0.25) is 10.0 Å². The van der Waals surface area contributed by atoms with Gasteiger partial charge in [-0.25, -0.2) is 8.42 Å². The maximum absolute atomic E-state index is 13.7. The summed E-state index contributed by atoms with van der Waals surface area (Å²) in [5.74, 6) is 0. The van der Waals surface area contributed by atoms with Gasteiger partial charge in [-0.05, 0) is 56.4 Å². The number of nitro groups is 1. The van der Waals surface area contributed by atoms with Crippen LogP contribution in [-0.2, 0) is 10.0 Å². The summed E-state index contributed by atoms with van der Waals surface area (Å²) in [6, 6.07) is 9.95. The number of aliphatic imine (C=N–C) groups is 1. The van der Waals surface area contributed by atoms with Crippen molar-refractivity contribution in [2.24, 2.45) is 4.99 Å². The smallest absolute Gasteiger partial charge is 0.270 e. The van der Waals surface area contributed by atoms with Crippen LogP contribution in [0.2, 0.25) is 0 Å². The molecule has 2 aromatic carbocycles. The molecule has 0 N–H and O–H groups in total. The van der Waals surface area contributed by atoms with E-state index in [0.717, 1.165) is 63.0 Å². The second-order valence-electron chi connectivity index (χ2n) is 9.32. The van der Waals surface area contributed by atoms with Gasteiger partial charge in [0.1, 0.15) is 4.90 Å². The van der Waals surface area contributed by atoms with Crippen molar-refractivity contribution >= 4 is 39.0 Å². The first-order valence-corrected chi connectivity index (χ1v) is 13.6. The number of piperidine rings is 2. The summed E-state index contributed by atoms with van der Waals surface area (Å²) in [6.45, 7) is 2.75. The molecule has 0 aromatic heterocycles. The Morgan fingerprint density at radius 2 is 1.60 bits per heavy atom. The Morgan fingerprint density at radius 3 is 2.23 bits per heavy atom. The van der Waals surface area contributed by atoms with Gasteiger partial charge in [-0.15, -0.1) is 0 Å². The molecule has 0 atom stereocenters. The van der Waals surface area contributed by atoms with Crippen LogP contribution in [0.25, 0.3) is 0 Å². The van der Waals surface area contributed by atoms with E-state index < -0.39 is 14.9 Å². The van der Waals surface area contributed by atoms with Crippen molar-refractivity contribution in [1.82, 2.24) is 4.31 Å². The molecule has 0 aliphatic carbocycles. The molecule has 0 unspecified atom stereocenters. The van der Waals surface area contributed by atoms with Crippen molar-refractivity contribution in [3.05, 3.63) is 52.1 Å². The van der Waals surface area contributed by atoms with E-state index in [1.807, 2.05) is 31.1 Å². The number of nitro benzene ring substituents is 1. The molecule has 2 aliphatic heterocycles. The van der Waals surface area contributed by atoms with E-state index in [2.05, 4.69) is 9.89 Å². The van der Waals surface area contributed by atoms with Crippen LogP contribution in [0.5, 0.6) is 0 Å². The summed E-state index contributed by atoms with van der Waals surface area (Å²) in [4.78, 5) is 19.7. The number of hydrogen-bond donors (Lipinski definition) is 0. The zero-order valence-electron chi connectivity index (χ0n) is 20.4. The van der Waals surface area contributed by atoms with Gasteiger partial charge < -0.3 is 9.80 Å². The molecular weight excluding hydrogens is 466 g/mol. The largest absolute Gasteiger partial charge is 0.377 e. The van der Waals surface area contributed by atoms with Gasteiger partial charge in [-0.1, -0.05) is 6.42 Å². The van der Waals surface area contributed by atoms with E-state index in [9.17, 15) is 18.5 Å². The Kier molecular flexibility index (Phi) is 7.71. The molecule has 2 saturated heterocycles. The highest BCUT2D eigenvalue weighted by atomic mass is 32.2. The molecule has 0 amide bonds. The maximum Gasteiger partial charge on any atom is 0.270 e. The Labute approximate surface area is 207 Å². The van der Waals surface area contributed by atoms with Gasteiger partial charge in [-0.2, -0.15) is 4.31 Å². The van der Waals surface area contributed by atoms with E-state index in [0.29, 0.717) is 29.2 Å². The summed E-state index contributed by atoms with van der Waals surface area (Å²) in [7, 11) is 0.0459. The maximum atomic E-state index is 13.7. The van der Waals surface area contributed by atoms with Crippen LogP contribution < -0.4 is 9.80 Å². The van der Waals surface area contributed by atoms with E-state index in [1.54, 1.807) is 22.7 Å². The number of rotatable bonds is 7. The molecule has 4 rings (SSSR count). The lowest BCUT2D eigenvalue weighted by molar-refractivity contribution is -0.384. The average molecular weight is 500 g/mol. The van der Waals surface area contributed by atoms with Crippen LogP contribution in [0.4, 0.5) is 22.7 Å². The normalized spacial score (nSPS) is 17.6. The van der Waals surface area contributed by atoms with Crippen LogP contribution in [0.1, 0.15) is 44.1 Å². The molecule has 0 spiro atoms. The monoisotopic (exact) mass is 499 g/mol. The minimum Gasteiger partial charge on any atom is -0.377 e. The lowest BCUT2D eigenvalue weighted by Gasteiger charge is -2.32. The first-order chi connectivity index (χ1) is 16.8. The van der Waals surface area contributed by atoms with Crippen molar-refractivity contribution in [2.45, 2.75) is 43.4 Å². The third-order valence-electron chi connectivity index (χ3n) is 6.63. The summed E-state index contributed by atoms with van der Waals surface area (Å²) in [6.07, 6.45) is 7.60. The highest BCUT2D eigenvalue weighted by molar-refractivity contribution is 7.89. The topological polar surface area (TPSA) is 99.4 Å². The molecule has 2 heterocycles. The molecule has 188 valence electrons. The summed E-state index contributed by atoms with van der Waals surface area (Å²) >= 11 is 0. The highest BCUT2D eigenvalue weighted by Crippen LogP contribution is 2.34. The molecule has 2 aliphatic rings. The summed E-state index contributed by atoms with van der Waals surface area (Å²) < 4.78 is 29.0. The van der Waals surface area contributed by atoms with Crippen LogP contribution in [0, 0.1) is 10.1 Å². The predicted octanol–water partition coefficient (Wildman–Crippen LogP) is 4.58. The third-order valence-corrected chi connectivity index (χ3v) is 8.56. The third kappa shape index (κ3) is 5.65. The van der Waals surface area contributed by atoms with Crippen LogP contribution in [0.3, 0.4) is 0 Å². The molecule has 10 heteroatoms. The highest BCUT2D eigenvalue weighted by Gasteiger charge is 2.30. The van der Waals surface area contributed by atoms with E-state index >= 15 is 0 Å². The van der Waals surface area contributed by atoms with Gasteiger partial charge in [0, 0.05) is 69.9 Å². The van der Waals surface area contributed by atoms with Crippen LogP contribution in [0.15, 0.2) is 46.3 Å². The zero-order chi connectivity index (χ0) is 25.0. The fraction of sp³-hybridized carbons (Fsp3) is 0.480. The molecule has 0 saturated carbocycles. The van der Waals surface area contributed by atoms with Gasteiger partial charge in [0.25, 0.3) is 5.69 Å². The Hall–Kier alpha value is -2.98. The van der Waals surface area contributed by atoms with Gasteiger partial charge in [-0.3, -0.25) is 15.1 Å². The van der Waals surface area contributed by atoms with Gasteiger partial charge in [0.05, 0.1) is 16.3 Å². The Morgan fingerprint density at radius 1 is 0.943 bits per heavy atom. The Bertz CT molecular complexity index is 1200. The molecule has 2 fully saturated rings.